The molecule has 1 amide bonds. The van der Waals surface area contributed by atoms with E-state index in [1.54, 1.807) is 12.3 Å². The van der Waals surface area contributed by atoms with Crippen LogP contribution in [0.3, 0.4) is 0 Å². The van der Waals surface area contributed by atoms with Gasteiger partial charge < -0.3 is 10.4 Å². The third kappa shape index (κ3) is 3.17. The molecule has 0 aliphatic carbocycles. The highest BCUT2D eigenvalue weighted by atomic mass is 16.3. The maximum Gasteiger partial charge on any atom is 0.270 e. The largest absolute Gasteiger partial charge is 0.394 e. The molecule has 0 bridgehead atoms. The van der Waals surface area contributed by atoms with Crippen molar-refractivity contribution < 1.29 is 9.90 Å². The van der Waals surface area contributed by atoms with Gasteiger partial charge in [0, 0.05) is 6.20 Å². The Labute approximate surface area is 112 Å². The van der Waals surface area contributed by atoms with E-state index in [-0.39, 0.29) is 12.5 Å². The molecule has 2 rings (SSSR count). The smallest absolute Gasteiger partial charge is 0.270 e. The Morgan fingerprint density at radius 1 is 1.26 bits per heavy atom. The van der Waals surface area contributed by atoms with Gasteiger partial charge in [0.25, 0.3) is 5.91 Å². The van der Waals surface area contributed by atoms with Gasteiger partial charge in [0.1, 0.15) is 5.69 Å². The molecule has 0 spiro atoms. The zero-order valence-corrected chi connectivity index (χ0v) is 10.7. The Bertz CT molecular complexity index is 555. The van der Waals surface area contributed by atoms with Crippen molar-refractivity contribution in [2.75, 3.05) is 6.61 Å². The van der Waals surface area contributed by atoms with Crippen molar-refractivity contribution in [1.29, 1.82) is 0 Å². The molecule has 2 aromatic rings. The lowest BCUT2D eigenvalue weighted by atomic mass is 10.1. The van der Waals surface area contributed by atoms with Gasteiger partial charge in [0.2, 0.25) is 0 Å². The predicted octanol–water partition coefficient (Wildman–Crippen LogP) is 1.85. The van der Waals surface area contributed by atoms with Gasteiger partial charge in [-0.3, -0.25) is 9.78 Å². The Morgan fingerprint density at radius 2 is 2.00 bits per heavy atom. The summed E-state index contributed by atoms with van der Waals surface area (Å²) in [7, 11) is 0. The molecule has 0 saturated carbocycles. The van der Waals surface area contributed by atoms with E-state index in [1.165, 1.54) is 0 Å². The molecule has 0 radical (unpaired) electrons. The highest BCUT2D eigenvalue weighted by Gasteiger charge is 2.16. The highest BCUT2D eigenvalue weighted by molar-refractivity contribution is 5.93. The molecule has 4 nitrogen and oxygen atoms in total. The summed E-state index contributed by atoms with van der Waals surface area (Å²) >= 11 is 0. The topological polar surface area (TPSA) is 62.2 Å². The summed E-state index contributed by atoms with van der Waals surface area (Å²) in [6.45, 7) is 1.68. The number of carbonyl (C=O) groups excluding carboxylic acids is 1. The first kappa shape index (κ1) is 13.2. The molecular weight excluding hydrogens is 240 g/mol. The van der Waals surface area contributed by atoms with Gasteiger partial charge in [-0.25, -0.2) is 0 Å². The van der Waals surface area contributed by atoms with Crippen molar-refractivity contribution in [3.05, 3.63) is 65.5 Å². The second-order valence-corrected chi connectivity index (χ2v) is 4.29. The van der Waals surface area contributed by atoms with Crippen LogP contribution in [0.2, 0.25) is 0 Å². The Morgan fingerprint density at radius 3 is 2.63 bits per heavy atom. The number of rotatable bonds is 4. The minimum absolute atomic E-state index is 0.151. The maximum atomic E-state index is 12.1. The summed E-state index contributed by atoms with van der Waals surface area (Å²) in [6.07, 6.45) is 1.58. The van der Waals surface area contributed by atoms with Crippen LogP contribution in [-0.2, 0) is 0 Å². The van der Waals surface area contributed by atoms with Gasteiger partial charge >= 0.3 is 0 Å². The van der Waals surface area contributed by atoms with E-state index >= 15 is 0 Å². The number of carbonyl (C=O) groups is 1. The molecule has 98 valence electrons. The minimum Gasteiger partial charge on any atom is -0.394 e. The molecule has 0 unspecified atom stereocenters. The number of nitrogens with one attached hydrogen (secondary N) is 1. The van der Waals surface area contributed by atoms with Crippen molar-refractivity contribution in [2.45, 2.75) is 13.0 Å². The summed E-state index contributed by atoms with van der Waals surface area (Å²) in [6, 6.07) is 12.6. The standard InChI is InChI=1S/C15H16N2O2/c1-11-6-5-9-16-14(11)15(19)17-13(10-18)12-7-3-2-4-8-12/h2-9,13,18H,10H2,1H3,(H,17,19)/t13-/m1/s1. The molecule has 0 aliphatic heterocycles. The molecule has 4 heteroatoms. The van der Waals surface area contributed by atoms with Gasteiger partial charge in [-0.2, -0.15) is 0 Å². The molecule has 1 atom stereocenters. The fourth-order valence-electron chi connectivity index (χ4n) is 1.87. The minimum atomic E-state index is -0.421. The zero-order chi connectivity index (χ0) is 13.7. The molecule has 0 fully saturated rings. The van der Waals surface area contributed by atoms with Crippen LogP contribution in [0.1, 0.15) is 27.7 Å². The third-order valence-electron chi connectivity index (χ3n) is 2.91. The van der Waals surface area contributed by atoms with Gasteiger partial charge in [-0.15, -0.1) is 0 Å². The highest BCUT2D eigenvalue weighted by Crippen LogP contribution is 2.13. The monoisotopic (exact) mass is 256 g/mol. The van der Waals surface area contributed by atoms with Crippen molar-refractivity contribution in [3.63, 3.8) is 0 Å². The van der Waals surface area contributed by atoms with E-state index in [9.17, 15) is 9.90 Å². The number of nitrogens with zero attached hydrogens (tertiary/aromatic N) is 1. The number of aliphatic hydroxyl groups is 1. The van der Waals surface area contributed by atoms with E-state index in [4.69, 9.17) is 0 Å². The normalized spacial score (nSPS) is 11.9. The number of hydrogen-bond acceptors (Lipinski definition) is 3. The summed E-state index contributed by atoms with van der Waals surface area (Å²) in [5.74, 6) is -0.277. The van der Waals surface area contributed by atoms with Gasteiger partial charge in [-0.05, 0) is 24.1 Å². The van der Waals surface area contributed by atoms with Crippen LogP contribution in [0.4, 0.5) is 0 Å². The van der Waals surface area contributed by atoms with Crippen molar-refractivity contribution in [3.8, 4) is 0 Å². The molecule has 19 heavy (non-hydrogen) atoms. The first-order chi connectivity index (χ1) is 9.22. The number of aryl methyl sites for hydroxylation is 1. The van der Waals surface area contributed by atoms with Crippen molar-refractivity contribution >= 4 is 5.91 Å². The van der Waals surface area contributed by atoms with Crippen LogP contribution >= 0.6 is 0 Å². The van der Waals surface area contributed by atoms with Crippen LogP contribution in [0.5, 0.6) is 0 Å². The fraction of sp³-hybridized carbons (Fsp3) is 0.200. The van der Waals surface area contributed by atoms with E-state index in [1.807, 2.05) is 43.3 Å². The van der Waals surface area contributed by atoms with Gasteiger partial charge in [0.15, 0.2) is 0 Å². The fourth-order valence-corrected chi connectivity index (χ4v) is 1.87. The lowest BCUT2D eigenvalue weighted by Gasteiger charge is -2.16. The molecule has 0 saturated heterocycles. The van der Waals surface area contributed by atoms with Crippen LogP contribution in [0, 0.1) is 6.92 Å². The number of aromatic nitrogens is 1. The van der Waals surface area contributed by atoms with Crippen LogP contribution in [0.15, 0.2) is 48.7 Å². The number of hydrogen-bond donors (Lipinski definition) is 2. The average molecular weight is 256 g/mol. The second-order valence-electron chi connectivity index (χ2n) is 4.29. The Balaban J connectivity index is 2.16. The molecule has 1 heterocycles. The number of aliphatic hydroxyl groups excluding tert-OH is 1. The SMILES string of the molecule is Cc1cccnc1C(=O)N[C@H](CO)c1ccccc1. The van der Waals surface area contributed by atoms with E-state index < -0.39 is 6.04 Å². The summed E-state index contributed by atoms with van der Waals surface area (Å²) in [5.41, 5.74) is 2.06. The average Bonchev–Trinajstić information content (AvgIpc) is 2.46. The van der Waals surface area contributed by atoms with E-state index in [0.717, 1.165) is 11.1 Å². The molecule has 1 aromatic heterocycles. The Kier molecular flexibility index (Phi) is 4.26. The summed E-state index contributed by atoms with van der Waals surface area (Å²) in [5, 5.41) is 12.2. The lowest BCUT2D eigenvalue weighted by molar-refractivity contribution is 0.0910. The van der Waals surface area contributed by atoms with Crippen LogP contribution < -0.4 is 5.32 Å². The van der Waals surface area contributed by atoms with Gasteiger partial charge in [0.05, 0.1) is 12.6 Å². The van der Waals surface area contributed by atoms with Crippen LogP contribution in [-0.4, -0.2) is 22.6 Å². The van der Waals surface area contributed by atoms with E-state index in [0.29, 0.717) is 5.69 Å². The first-order valence-electron chi connectivity index (χ1n) is 6.10. The molecule has 2 N–H and O–H groups in total. The number of pyridine rings is 1. The second kappa shape index (κ2) is 6.11. The molecule has 0 aliphatic rings. The predicted molar refractivity (Wildman–Crippen MR) is 72.7 cm³/mol. The first-order valence-corrected chi connectivity index (χ1v) is 6.10. The van der Waals surface area contributed by atoms with Crippen molar-refractivity contribution in [1.82, 2.24) is 10.3 Å². The van der Waals surface area contributed by atoms with Gasteiger partial charge in [-0.1, -0.05) is 36.4 Å². The lowest BCUT2D eigenvalue weighted by Crippen LogP contribution is -2.31. The zero-order valence-electron chi connectivity index (χ0n) is 10.7. The quantitative estimate of drug-likeness (QED) is 0.877. The van der Waals surface area contributed by atoms with Crippen LogP contribution in [0.25, 0.3) is 0 Å². The molecular formula is C15H16N2O2. The maximum absolute atomic E-state index is 12.1. The van der Waals surface area contributed by atoms with Crippen molar-refractivity contribution in [2.24, 2.45) is 0 Å². The number of benzene rings is 1. The van der Waals surface area contributed by atoms with E-state index in [2.05, 4.69) is 10.3 Å². The summed E-state index contributed by atoms with van der Waals surface area (Å²) in [4.78, 5) is 16.2. The molecule has 1 aromatic carbocycles. The number of amides is 1. The third-order valence-corrected chi connectivity index (χ3v) is 2.91. The summed E-state index contributed by atoms with van der Waals surface area (Å²) < 4.78 is 0. The Hall–Kier alpha value is -2.20.